The van der Waals surface area contributed by atoms with Gasteiger partial charge >= 0.3 is 0 Å². The van der Waals surface area contributed by atoms with Gasteiger partial charge in [0.25, 0.3) is 10.0 Å². The Kier molecular flexibility index (Phi) is 7.32. The second-order valence-electron chi connectivity index (χ2n) is 7.43. The van der Waals surface area contributed by atoms with E-state index in [2.05, 4.69) is 17.0 Å². The molecular weight excluding hydrogens is 406 g/mol. The maximum absolute atomic E-state index is 12.6. The first-order chi connectivity index (χ1) is 13.9. The second-order valence-corrected chi connectivity index (χ2v) is 10.7. The van der Waals surface area contributed by atoms with Crippen LogP contribution in [0.25, 0.3) is 0 Å². The zero-order valence-corrected chi connectivity index (χ0v) is 18.7. The van der Waals surface area contributed by atoms with Crippen LogP contribution in [-0.4, -0.2) is 57.3 Å². The lowest BCUT2D eigenvalue weighted by Crippen LogP contribution is -2.30. The molecule has 1 aromatic heterocycles. The minimum atomic E-state index is -3.46. The lowest BCUT2D eigenvalue weighted by Gasteiger charge is -2.24. The third-order valence-corrected chi connectivity index (χ3v) is 8.52. The van der Waals surface area contributed by atoms with Crippen molar-refractivity contribution in [1.29, 1.82) is 0 Å². The minimum Gasteiger partial charge on any atom is -0.371 e. The number of carbonyl (C=O) groups excluding carboxylic acids is 1. The fourth-order valence-electron chi connectivity index (χ4n) is 3.58. The molecule has 0 radical (unpaired) electrons. The van der Waals surface area contributed by atoms with E-state index in [4.69, 9.17) is 0 Å². The number of hydrogen-bond acceptors (Lipinski definition) is 5. The molecule has 158 valence electrons. The number of anilines is 1. The molecule has 0 aliphatic carbocycles. The normalized spacial score (nSPS) is 14.5. The van der Waals surface area contributed by atoms with Crippen LogP contribution in [0.5, 0.6) is 0 Å². The largest absolute Gasteiger partial charge is 0.371 e. The molecule has 1 amide bonds. The molecule has 6 nitrogen and oxygen atoms in total. The molecule has 1 aliphatic rings. The first-order valence-electron chi connectivity index (χ1n) is 9.96. The van der Waals surface area contributed by atoms with Gasteiger partial charge in [-0.3, -0.25) is 4.79 Å². The van der Waals surface area contributed by atoms with Gasteiger partial charge in [-0.05, 0) is 42.3 Å². The number of nitrogens with zero attached hydrogens (tertiary/aromatic N) is 3. The molecule has 0 atom stereocenters. The lowest BCUT2D eigenvalue weighted by molar-refractivity contribution is -0.130. The van der Waals surface area contributed by atoms with Crippen molar-refractivity contribution in [3.05, 3.63) is 47.3 Å². The van der Waals surface area contributed by atoms with E-state index in [1.54, 1.807) is 29.5 Å². The van der Waals surface area contributed by atoms with E-state index in [0.29, 0.717) is 30.1 Å². The summed E-state index contributed by atoms with van der Waals surface area (Å²) in [6, 6.07) is 11.6. The van der Waals surface area contributed by atoms with Gasteiger partial charge in [-0.15, -0.1) is 11.3 Å². The van der Waals surface area contributed by atoms with E-state index in [0.717, 1.165) is 18.7 Å². The number of thiophene rings is 1. The number of sulfonamides is 1. The fraction of sp³-hybridized carbons (Fsp3) is 0.476. The Morgan fingerprint density at radius 1 is 1.10 bits per heavy atom. The molecule has 0 saturated carbocycles. The van der Waals surface area contributed by atoms with E-state index in [9.17, 15) is 13.2 Å². The first-order valence-corrected chi connectivity index (χ1v) is 12.3. The van der Waals surface area contributed by atoms with Crippen molar-refractivity contribution in [1.82, 2.24) is 9.21 Å². The first kappa shape index (κ1) is 21.8. The monoisotopic (exact) mass is 435 g/mol. The molecule has 1 aromatic carbocycles. The van der Waals surface area contributed by atoms with Gasteiger partial charge in [-0.2, -0.15) is 0 Å². The topological polar surface area (TPSA) is 60.9 Å². The van der Waals surface area contributed by atoms with Crippen molar-refractivity contribution in [2.45, 2.75) is 36.4 Å². The highest BCUT2D eigenvalue weighted by molar-refractivity contribution is 7.91. The molecular formula is C21H29N3O3S2. The van der Waals surface area contributed by atoms with Crippen LogP contribution in [0.4, 0.5) is 5.69 Å². The number of para-hydroxylation sites is 1. The van der Waals surface area contributed by atoms with Crippen molar-refractivity contribution >= 4 is 33.0 Å². The summed E-state index contributed by atoms with van der Waals surface area (Å²) in [5.41, 5.74) is 2.37. The fourth-order valence-corrected chi connectivity index (χ4v) is 5.99. The number of benzene rings is 1. The molecule has 2 heterocycles. The Hall–Kier alpha value is -1.90. The summed E-state index contributed by atoms with van der Waals surface area (Å²) >= 11 is 1.21. The Morgan fingerprint density at radius 2 is 1.83 bits per heavy atom. The van der Waals surface area contributed by atoms with Gasteiger partial charge in [0.05, 0.1) is 0 Å². The summed E-state index contributed by atoms with van der Waals surface area (Å²) in [5.74, 6) is 0.0307. The maximum Gasteiger partial charge on any atom is 0.252 e. The van der Waals surface area contributed by atoms with Crippen LogP contribution in [0.1, 0.15) is 31.2 Å². The molecule has 0 spiro atoms. The molecule has 8 heteroatoms. The average Bonchev–Trinajstić information content (AvgIpc) is 3.42. The third-order valence-electron chi connectivity index (χ3n) is 5.29. The van der Waals surface area contributed by atoms with Crippen LogP contribution in [0.3, 0.4) is 0 Å². The zero-order valence-electron chi connectivity index (χ0n) is 17.1. The minimum absolute atomic E-state index is 0.0307. The molecule has 3 rings (SSSR count). The highest BCUT2D eigenvalue weighted by Gasteiger charge is 2.22. The van der Waals surface area contributed by atoms with Gasteiger partial charge < -0.3 is 9.80 Å². The van der Waals surface area contributed by atoms with Crippen molar-refractivity contribution in [3.8, 4) is 0 Å². The number of hydrogen-bond donors (Lipinski definition) is 0. The standard InChI is InChI=1S/C21H29N3O3S2/c1-22(17-18-9-3-4-10-19(18)24-14-5-6-15-24)20(25)11-7-13-23(2)29(26,27)21-12-8-16-28-21/h3-4,8-10,12,16H,5-7,11,13-15,17H2,1-2H3. The van der Waals surface area contributed by atoms with Crippen LogP contribution >= 0.6 is 11.3 Å². The maximum atomic E-state index is 12.6. The van der Waals surface area contributed by atoms with Gasteiger partial charge in [0, 0.05) is 52.4 Å². The van der Waals surface area contributed by atoms with Gasteiger partial charge in [-0.25, -0.2) is 12.7 Å². The highest BCUT2D eigenvalue weighted by Crippen LogP contribution is 2.25. The Morgan fingerprint density at radius 3 is 2.52 bits per heavy atom. The van der Waals surface area contributed by atoms with Crippen LogP contribution in [-0.2, 0) is 21.4 Å². The lowest BCUT2D eigenvalue weighted by atomic mass is 10.1. The van der Waals surface area contributed by atoms with Crippen LogP contribution in [0.2, 0.25) is 0 Å². The summed E-state index contributed by atoms with van der Waals surface area (Å²) in [5, 5.41) is 1.75. The van der Waals surface area contributed by atoms with Crippen LogP contribution in [0.15, 0.2) is 46.0 Å². The number of rotatable bonds is 9. The van der Waals surface area contributed by atoms with E-state index in [-0.39, 0.29) is 5.91 Å². The van der Waals surface area contributed by atoms with Crippen LogP contribution < -0.4 is 4.90 Å². The smallest absolute Gasteiger partial charge is 0.252 e. The molecule has 2 aromatic rings. The highest BCUT2D eigenvalue weighted by atomic mass is 32.2. The van der Waals surface area contributed by atoms with Gasteiger partial charge in [-0.1, -0.05) is 24.3 Å². The average molecular weight is 436 g/mol. The summed E-state index contributed by atoms with van der Waals surface area (Å²) in [7, 11) is -0.0764. The second kappa shape index (κ2) is 9.73. The van der Waals surface area contributed by atoms with E-state index < -0.39 is 10.0 Å². The van der Waals surface area contributed by atoms with E-state index >= 15 is 0 Å². The summed E-state index contributed by atoms with van der Waals surface area (Å²) in [4.78, 5) is 16.7. The zero-order chi connectivity index (χ0) is 20.9. The van der Waals surface area contributed by atoms with Crippen molar-refractivity contribution in [2.75, 3.05) is 38.6 Å². The molecule has 1 aliphatic heterocycles. The van der Waals surface area contributed by atoms with E-state index in [1.807, 2.05) is 19.2 Å². The molecule has 1 saturated heterocycles. The Labute approximate surface area is 177 Å². The van der Waals surface area contributed by atoms with Crippen molar-refractivity contribution < 1.29 is 13.2 Å². The van der Waals surface area contributed by atoms with Crippen LogP contribution in [0, 0.1) is 0 Å². The van der Waals surface area contributed by atoms with E-state index in [1.165, 1.54) is 34.2 Å². The molecule has 0 unspecified atom stereocenters. The quantitative estimate of drug-likeness (QED) is 0.606. The van der Waals surface area contributed by atoms with Crippen molar-refractivity contribution in [2.24, 2.45) is 0 Å². The van der Waals surface area contributed by atoms with Gasteiger partial charge in [0.15, 0.2) is 0 Å². The number of carbonyl (C=O) groups is 1. The third kappa shape index (κ3) is 5.38. The predicted molar refractivity (Wildman–Crippen MR) is 118 cm³/mol. The summed E-state index contributed by atoms with van der Waals surface area (Å²) in [6.45, 7) is 3.03. The van der Waals surface area contributed by atoms with Crippen molar-refractivity contribution in [3.63, 3.8) is 0 Å². The summed E-state index contributed by atoms with van der Waals surface area (Å²) in [6.07, 6.45) is 3.25. The predicted octanol–water partition coefficient (Wildman–Crippen LogP) is 3.41. The SMILES string of the molecule is CN(Cc1ccccc1N1CCCC1)C(=O)CCCN(C)S(=O)(=O)c1cccs1. The molecule has 0 N–H and O–H groups in total. The Balaban J connectivity index is 1.51. The number of amides is 1. The summed E-state index contributed by atoms with van der Waals surface area (Å²) < 4.78 is 26.6. The molecule has 0 bridgehead atoms. The molecule has 29 heavy (non-hydrogen) atoms. The van der Waals surface area contributed by atoms with Gasteiger partial charge in [0.1, 0.15) is 4.21 Å². The molecule has 1 fully saturated rings. The Bertz CT molecular complexity index is 907. The van der Waals surface area contributed by atoms with Gasteiger partial charge in [0.2, 0.25) is 5.91 Å².